The van der Waals surface area contributed by atoms with E-state index in [1.165, 1.54) is 6.07 Å². The maximum atomic E-state index is 13.5. The van der Waals surface area contributed by atoms with Gasteiger partial charge in [-0.1, -0.05) is 6.07 Å². The second-order valence-corrected chi connectivity index (χ2v) is 4.90. The molecule has 1 heterocycles. The lowest BCUT2D eigenvalue weighted by atomic mass is 10.0. The van der Waals surface area contributed by atoms with E-state index in [4.69, 9.17) is 0 Å². The second kappa shape index (κ2) is 5.53. The van der Waals surface area contributed by atoms with E-state index in [0.29, 0.717) is 0 Å². The maximum Gasteiger partial charge on any atom is 0.141 e. The van der Waals surface area contributed by atoms with Gasteiger partial charge in [0.1, 0.15) is 17.4 Å². The molecule has 20 heavy (non-hydrogen) atoms. The van der Waals surface area contributed by atoms with Crippen molar-refractivity contribution >= 4 is 5.78 Å². The first kappa shape index (κ1) is 14.4. The van der Waals surface area contributed by atoms with Gasteiger partial charge >= 0.3 is 0 Å². The number of aryl methyl sites for hydroxylation is 2. The average Bonchev–Trinajstić information content (AvgIpc) is 2.60. The summed E-state index contributed by atoms with van der Waals surface area (Å²) in [7, 11) is 1.82. The topological polar surface area (TPSA) is 34.9 Å². The number of carbonyl (C=O) groups is 1. The van der Waals surface area contributed by atoms with Crippen molar-refractivity contribution < 1.29 is 13.6 Å². The Bertz CT molecular complexity index is 662. The first-order chi connectivity index (χ1) is 9.38. The van der Waals surface area contributed by atoms with Gasteiger partial charge < -0.3 is 0 Å². The molecule has 0 radical (unpaired) electrons. The van der Waals surface area contributed by atoms with Crippen molar-refractivity contribution in [2.45, 2.75) is 26.7 Å². The van der Waals surface area contributed by atoms with Crippen LogP contribution in [0.5, 0.6) is 0 Å². The number of Topliss-reactive ketones (excluding diaryl/α,β-unsaturated/α-hetero) is 1. The van der Waals surface area contributed by atoms with E-state index in [9.17, 15) is 13.6 Å². The number of carbonyl (C=O) groups excluding carboxylic acids is 1. The van der Waals surface area contributed by atoms with Crippen LogP contribution in [0, 0.1) is 25.5 Å². The molecule has 0 fully saturated rings. The third-order valence-corrected chi connectivity index (χ3v) is 3.44. The minimum absolute atomic E-state index is 0.0418. The van der Waals surface area contributed by atoms with Crippen LogP contribution in [0.25, 0.3) is 0 Å². The van der Waals surface area contributed by atoms with E-state index < -0.39 is 11.6 Å². The summed E-state index contributed by atoms with van der Waals surface area (Å²) in [6.45, 7) is 3.73. The molecule has 0 saturated carbocycles. The lowest BCUT2D eigenvalue weighted by molar-refractivity contribution is -0.117. The standard InChI is InChI=1S/C15H16F2N2O/c1-9-14(10(2)19(3)18-9)8-13(20)6-11-4-5-12(16)7-15(11)17/h4-5,7H,6,8H2,1-3H3. The van der Waals surface area contributed by atoms with Gasteiger partial charge in [-0.05, 0) is 25.5 Å². The summed E-state index contributed by atoms with van der Waals surface area (Å²) in [4.78, 5) is 12.0. The van der Waals surface area contributed by atoms with Crippen molar-refractivity contribution in [2.24, 2.45) is 7.05 Å². The van der Waals surface area contributed by atoms with Crippen LogP contribution >= 0.6 is 0 Å². The van der Waals surface area contributed by atoms with Gasteiger partial charge in [0.25, 0.3) is 0 Å². The van der Waals surface area contributed by atoms with E-state index in [0.717, 1.165) is 29.1 Å². The molecule has 0 saturated heterocycles. The van der Waals surface area contributed by atoms with E-state index in [2.05, 4.69) is 5.10 Å². The molecule has 0 aliphatic heterocycles. The molecule has 0 atom stereocenters. The van der Waals surface area contributed by atoms with Gasteiger partial charge in [-0.2, -0.15) is 5.10 Å². The molecule has 1 aromatic carbocycles. The van der Waals surface area contributed by atoms with Crippen LogP contribution in [0.4, 0.5) is 8.78 Å². The highest BCUT2D eigenvalue weighted by Crippen LogP contribution is 2.15. The summed E-state index contributed by atoms with van der Waals surface area (Å²) < 4.78 is 28.0. The predicted octanol–water partition coefficient (Wildman–Crippen LogP) is 2.67. The molecule has 2 aromatic rings. The summed E-state index contributed by atoms with van der Waals surface area (Å²) in [5, 5.41) is 4.24. The smallest absolute Gasteiger partial charge is 0.141 e. The Morgan fingerprint density at radius 1 is 1.25 bits per heavy atom. The zero-order valence-electron chi connectivity index (χ0n) is 11.7. The molecule has 0 unspecified atom stereocenters. The Morgan fingerprint density at radius 2 is 1.95 bits per heavy atom. The quantitative estimate of drug-likeness (QED) is 0.861. The van der Waals surface area contributed by atoms with Crippen molar-refractivity contribution in [1.29, 1.82) is 0 Å². The van der Waals surface area contributed by atoms with Crippen molar-refractivity contribution in [3.8, 4) is 0 Å². The van der Waals surface area contributed by atoms with E-state index in [1.54, 1.807) is 4.68 Å². The number of rotatable bonds is 4. The molecule has 0 aliphatic carbocycles. The van der Waals surface area contributed by atoms with Crippen LogP contribution in [0.15, 0.2) is 18.2 Å². The number of ketones is 1. The van der Waals surface area contributed by atoms with Crippen LogP contribution in [-0.4, -0.2) is 15.6 Å². The van der Waals surface area contributed by atoms with Gasteiger partial charge in [0.05, 0.1) is 5.69 Å². The maximum absolute atomic E-state index is 13.5. The van der Waals surface area contributed by atoms with Crippen LogP contribution in [0.3, 0.4) is 0 Å². The van der Waals surface area contributed by atoms with Gasteiger partial charge in [0, 0.05) is 37.2 Å². The number of nitrogens with zero attached hydrogens (tertiary/aromatic N) is 2. The number of benzene rings is 1. The highest BCUT2D eigenvalue weighted by atomic mass is 19.1. The first-order valence-corrected chi connectivity index (χ1v) is 6.33. The Balaban J connectivity index is 2.13. The fourth-order valence-electron chi connectivity index (χ4n) is 2.21. The summed E-state index contributed by atoms with van der Waals surface area (Å²) in [6, 6.07) is 3.26. The lowest BCUT2D eigenvalue weighted by Gasteiger charge is -2.04. The molecule has 0 aliphatic rings. The molecular formula is C15H16F2N2O. The molecule has 106 valence electrons. The third kappa shape index (κ3) is 2.92. The van der Waals surface area contributed by atoms with Gasteiger partial charge in [-0.3, -0.25) is 9.48 Å². The van der Waals surface area contributed by atoms with Crippen LogP contribution in [0.2, 0.25) is 0 Å². The van der Waals surface area contributed by atoms with Crippen molar-refractivity contribution in [1.82, 2.24) is 9.78 Å². The Kier molecular flexibility index (Phi) is 3.97. The van der Waals surface area contributed by atoms with E-state index in [-0.39, 0.29) is 24.2 Å². The fraction of sp³-hybridized carbons (Fsp3) is 0.333. The Labute approximate surface area is 116 Å². The molecule has 5 heteroatoms. The zero-order valence-corrected chi connectivity index (χ0v) is 11.7. The second-order valence-electron chi connectivity index (χ2n) is 4.90. The van der Waals surface area contributed by atoms with E-state index in [1.807, 2.05) is 20.9 Å². The SMILES string of the molecule is Cc1nn(C)c(C)c1CC(=O)Cc1ccc(F)cc1F. The molecular weight excluding hydrogens is 262 g/mol. The lowest BCUT2D eigenvalue weighted by Crippen LogP contribution is -2.09. The summed E-state index contributed by atoms with van der Waals surface area (Å²) >= 11 is 0. The van der Waals surface area contributed by atoms with Gasteiger partial charge in [-0.25, -0.2) is 8.78 Å². The Hall–Kier alpha value is -2.04. The number of hydrogen-bond donors (Lipinski definition) is 0. The first-order valence-electron chi connectivity index (χ1n) is 6.33. The van der Waals surface area contributed by atoms with Crippen LogP contribution < -0.4 is 0 Å². The number of aromatic nitrogens is 2. The number of halogens is 2. The normalized spacial score (nSPS) is 10.8. The highest BCUT2D eigenvalue weighted by Gasteiger charge is 2.15. The zero-order chi connectivity index (χ0) is 14.9. The van der Waals surface area contributed by atoms with E-state index >= 15 is 0 Å². The minimum Gasteiger partial charge on any atom is -0.299 e. The van der Waals surface area contributed by atoms with Gasteiger partial charge in [0.15, 0.2) is 0 Å². The summed E-state index contributed by atoms with van der Waals surface area (Å²) in [5.41, 5.74) is 2.82. The van der Waals surface area contributed by atoms with Crippen molar-refractivity contribution in [2.75, 3.05) is 0 Å². The monoisotopic (exact) mass is 278 g/mol. The summed E-state index contributed by atoms with van der Waals surface area (Å²) in [5.74, 6) is -1.44. The molecule has 2 rings (SSSR count). The third-order valence-electron chi connectivity index (χ3n) is 3.44. The van der Waals surface area contributed by atoms with Gasteiger partial charge in [0.2, 0.25) is 0 Å². The Morgan fingerprint density at radius 3 is 2.50 bits per heavy atom. The van der Waals surface area contributed by atoms with Crippen LogP contribution in [-0.2, 0) is 24.7 Å². The minimum atomic E-state index is -0.682. The number of hydrogen-bond acceptors (Lipinski definition) is 2. The average molecular weight is 278 g/mol. The molecule has 0 amide bonds. The highest BCUT2D eigenvalue weighted by molar-refractivity contribution is 5.83. The van der Waals surface area contributed by atoms with Gasteiger partial charge in [-0.15, -0.1) is 0 Å². The fourth-order valence-corrected chi connectivity index (χ4v) is 2.21. The molecule has 3 nitrogen and oxygen atoms in total. The molecule has 0 N–H and O–H groups in total. The summed E-state index contributed by atoms with van der Waals surface area (Å²) in [6.07, 6.45) is 0.169. The van der Waals surface area contributed by atoms with Crippen LogP contribution in [0.1, 0.15) is 22.5 Å². The molecule has 0 bridgehead atoms. The van der Waals surface area contributed by atoms with Crippen molar-refractivity contribution in [3.63, 3.8) is 0 Å². The molecule has 0 spiro atoms. The molecule has 1 aromatic heterocycles. The predicted molar refractivity (Wildman–Crippen MR) is 71.5 cm³/mol. The van der Waals surface area contributed by atoms with Crippen molar-refractivity contribution in [3.05, 3.63) is 52.3 Å². The largest absolute Gasteiger partial charge is 0.299 e.